The molecule has 0 spiro atoms. The van der Waals surface area contributed by atoms with Crippen LogP contribution in [0.5, 0.6) is 0 Å². The Balaban J connectivity index is 1.25. The number of anilines is 6. The SMILES string of the molecule is [2H]c1cc2c(c([2H])c1-n1c3c([2H])c([2H])c(C(C)(C)C)c([2H])c3c3c([2H])c(C(C)(C)C)c([2H])c([2H])c31)N(c1c([2H])c([2H])c(-c3c([2H])c([2H])c([2H])c([2H])c3[2H])c([2H])c1[2H])c1c([2H])c(C#N)c([2H])c3c1B2c1c([2H])c([2H])c([2H])c2c1N3c1c([2H])c([2H])c([2H])c3c4c([2H])c([2H])c([2H])c([2H])c4n-2c13. The Kier molecular flexibility index (Phi) is 4.14. The van der Waals surface area contributed by atoms with Gasteiger partial charge in [0.15, 0.2) is 0 Å². The Morgan fingerprint density at radius 2 is 1.07 bits per heavy atom. The molecule has 328 valence electrons. The van der Waals surface area contributed by atoms with Crippen LogP contribution in [0.2, 0.25) is 0 Å². The fraction of sp³-hybridized carbons (Fsp3) is 0.127. The quantitative estimate of drug-likeness (QED) is 0.166. The highest BCUT2D eigenvalue weighted by atomic mass is 15.2. The number of aromatic nitrogens is 2. The Morgan fingerprint density at radius 3 is 1.77 bits per heavy atom. The Hall–Kier alpha value is -8.27. The molecule has 0 bridgehead atoms. The average Bonchev–Trinajstić information content (AvgIpc) is 1.52. The van der Waals surface area contributed by atoms with E-state index in [1.807, 2.05) is 6.07 Å². The van der Waals surface area contributed by atoms with Gasteiger partial charge in [-0.1, -0.05) is 144 Å². The molecule has 0 unspecified atom stereocenters. The molecule has 6 heteroatoms. The molecule has 69 heavy (non-hydrogen) atoms. The minimum atomic E-state index is -1.90. The monoisotopic (exact) mass is 915 g/mol. The van der Waals surface area contributed by atoms with Crippen LogP contribution < -0.4 is 26.2 Å². The smallest absolute Gasteiger partial charge is 0.252 e. The van der Waals surface area contributed by atoms with Gasteiger partial charge in [-0.05, 0) is 128 Å². The Bertz CT molecular complexity index is 5670. The molecular weight excluding hydrogens is 838 g/mol. The minimum absolute atomic E-state index is 0.0236. The molecule has 3 aliphatic rings. The fourth-order valence-electron chi connectivity index (χ4n) is 9.72. The molecule has 2 aromatic heterocycles. The number of benzene rings is 9. The third-order valence-electron chi connectivity index (χ3n) is 12.9. The van der Waals surface area contributed by atoms with E-state index >= 15 is 0 Å². The summed E-state index contributed by atoms with van der Waals surface area (Å²) >= 11 is 0. The van der Waals surface area contributed by atoms with Crippen molar-refractivity contribution >= 4 is 101 Å². The van der Waals surface area contributed by atoms with Gasteiger partial charge in [0.1, 0.15) is 0 Å². The van der Waals surface area contributed by atoms with Crippen molar-refractivity contribution in [3.63, 3.8) is 0 Å². The normalized spacial score (nSPS) is 19.4. The van der Waals surface area contributed by atoms with E-state index in [4.69, 9.17) is 9.60 Å². The van der Waals surface area contributed by atoms with E-state index < -0.39 is 276 Å². The highest BCUT2D eigenvalue weighted by molar-refractivity contribution is 7.00. The van der Waals surface area contributed by atoms with Gasteiger partial charge in [0.25, 0.3) is 6.71 Å². The first-order valence-corrected chi connectivity index (χ1v) is 21.9. The summed E-state index contributed by atoms with van der Waals surface area (Å²) in [6, 6.07) is -20.7. The maximum Gasteiger partial charge on any atom is 0.252 e. The molecule has 5 nitrogen and oxygen atoms in total. The maximum absolute atomic E-state index is 11.4. The molecule has 9 aromatic carbocycles. The van der Waals surface area contributed by atoms with Crippen LogP contribution in [-0.4, -0.2) is 15.8 Å². The minimum Gasteiger partial charge on any atom is -0.311 e. The summed E-state index contributed by atoms with van der Waals surface area (Å²) in [6.07, 6.45) is 0. The molecule has 0 saturated heterocycles. The first-order chi connectivity index (χ1) is 45.6. The van der Waals surface area contributed by atoms with E-state index in [9.17, 15) is 35.4 Å². The molecule has 0 atom stereocenters. The van der Waals surface area contributed by atoms with E-state index in [0.29, 0.717) is 0 Å². The predicted molar refractivity (Wildman–Crippen MR) is 290 cm³/mol. The van der Waals surface area contributed by atoms with Crippen LogP contribution >= 0.6 is 0 Å². The van der Waals surface area contributed by atoms with Crippen LogP contribution in [0.4, 0.5) is 34.1 Å². The zero-order valence-corrected chi connectivity index (χ0v) is 37.4. The maximum atomic E-state index is 11.4. The van der Waals surface area contributed by atoms with Gasteiger partial charge in [0.05, 0.1) is 90.5 Å². The lowest BCUT2D eigenvalue weighted by Gasteiger charge is -2.46. The zero-order chi connectivity index (χ0) is 71.9. The number of hydrogen-bond acceptors (Lipinski definition) is 3. The van der Waals surface area contributed by atoms with E-state index in [1.54, 1.807) is 41.5 Å². The van der Waals surface area contributed by atoms with Gasteiger partial charge in [0.2, 0.25) is 0 Å². The Morgan fingerprint density at radius 1 is 0.464 bits per heavy atom. The van der Waals surface area contributed by atoms with Gasteiger partial charge in [-0.3, -0.25) is 0 Å². The molecule has 0 saturated carbocycles. The molecule has 0 radical (unpaired) electrons. The highest BCUT2D eigenvalue weighted by Gasteiger charge is 2.46. The Labute approximate surface area is 443 Å². The molecular formula is C63H48BN5. The summed E-state index contributed by atoms with van der Waals surface area (Å²) < 4.78 is 280. The van der Waals surface area contributed by atoms with Crippen molar-refractivity contribution in [3.8, 4) is 28.6 Å². The summed E-state index contributed by atoms with van der Waals surface area (Å²) in [7, 11) is 0. The van der Waals surface area contributed by atoms with Crippen LogP contribution in [0, 0.1) is 11.3 Å². The van der Waals surface area contributed by atoms with Crippen molar-refractivity contribution in [2.45, 2.75) is 52.4 Å². The predicted octanol–water partition coefficient (Wildman–Crippen LogP) is 14.4. The largest absolute Gasteiger partial charge is 0.311 e. The van der Waals surface area contributed by atoms with E-state index in [1.165, 1.54) is 0 Å². The van der Waals surface area contributed by atoms with Crippen LogP contribution in [0.25, 0.3) is 66.1 Å². The summed E-state index contributed by atoms with van der Waals surface area (Å²) in [5.41, 5.74) is -12.2. The second-order valence-electron chi connectivity index (χ2n) is 19.0. The summed E-state index contributed by atoms with van der Waals surface area (Å²) in [5, 5.41) is 10.3. The molecule has 0 aliphatic carbocycles. The molecule has 0 amide bonds. The molecule has 11 aromatic rings. The molecule has 5 heterocycles. The van der Waals surface area contributed by atoms with Crippen molar-refractivity contribution in [2.24, 2.45) is 0 Å². The van der Waals surface area contributed by atoms with E-state index in [2.05, 4.69) is 0 Å². The zero-order valence-electron chi connectivity index (χ0n) is 66.4. The van der Waals surface area contributed by atoms with Crippen molar-refractivity contribution in [3.05, 3.63) is 198 Å². The fourth-order valence-corrected chi connectivity index (χ4v) is 9.72. The summed E-state index contributed by atoms with van der Waals surface area (Å²) in [6.45, 7) is 8.25. The van der Waals surface area contributed by atoms with Crippen molar-refractivity contribution in [1.29, 1.82) is 5.26 Å². The molecule has 14 rings (SSSR count). The summed E-state index contributed by atoms with van der Waals surface area (Å²) in [5.74, 6) is 0. The number of nitriles is 1. The van der Waals surface area contributed by atoms with Gasteiger partial charge >= 0.3 is 0 Å². The number of rotatable bonds is 3. The van der Waals surface area contributed by atoms with Gasteiger partial charge in [-0.25, -0.2) is 0 Å². The lowest BCUT2D eigenvalue weighted by molar-refractivity contribution is 0.590. The van der Waals surface area contributed by atoms with Gasteiger partial charge in [-0.15, -0.1) is 0 Å². The summed E-state index contributed by atoms with van der Waals surface area (Å²) in [4.78, 5) is 1.89. The average molecular weight is 915 g/mol. The lowest BCUT2D eigenvalue weighted by atomic mass is 9.33. The van der Waals surface area contributed by atoms with E-state index in [-0.39, 0.29) is 50.3 Å². The third kappa shape index (κ3) is 5.53. The van der Waals surface area contributed by atoms with Crippen molar-refractivity contribution in [1.82, 2.24) is 9.13 Å². The second kappa shape index (κ2) is 13.9. The van der Waals surface area contributed by atoms with Gasteiger partial charge in [-0.2, -0.15) is 5.26 Å². The molecule has 3 aliphatic heterocycles. The first kappa shape index (κ1) is 20.5. The van der Waals surface area contributed by atoms with Gasteiger partial charge in [0, 0.05) is 50.0 Å². The standard InChI is InChI=1S/C63H48BN5/c1-62(2,3)41-24-30-52-47(34-41)48-35-42(63(4,5)6)25-31-53(48)67(52)44-28-29-49-56(36-44)66(43-26-22-40(23-27-43)39-14-8-7-9-15-39)57-32-38(37-65)33-58-59(57)64(49)50-18-13-21-55-61(50)69(58)54-20-12-17-46-45-16-10-11-19-51(45)68(55)60(46)54/h7-36H,1-6H3/i7D,8D,9D,10D,11D,12D,13D,14D,15D,16D,17D,18D,19D,20D,21D,22D,23D,24D,25D,26D,27D,28D,30D,31D,32D,33D,34D,35D,36D. The molecule has 0 N–H and O–H groups in total. The third-order valence-corrected chi connectivity index (χ3v) is 12.9. The number of para-hydroxylation sites is 3. The molecule has 0 fully saturated rings. The van der Waals surface area contributed by atoms with Crippen LogP contribution in [-0.2, 0) is 10.8 Å². The highest BCUT2D eigenvalue weighted by Crippen LogP contribution is 2.52. The number of fused-ring (bicyclic) bond motifs is 12. The van der Waals surface area contributed by atoms with Crippen molar-refractivity contribution < 1.29 is 39.8 Å². The first-order valence-electron chi connectivity index (χ1n) is 36.4. The second-order valence-corrected chi connectivity index (χ2v) is 19.0. The number of nitrogens with zero attached hydrogens (tertiary/aromatic N) is 5. The van der Waals surface area contributed by atoms with Gasteiger partial charge < -0.3 is 18.9 Å². The van der Waals surface area contributed by atoms with Crippen LogP contribution in [0.15, 0.2) is 181 Å². The van der Waals surface area contributed by atoms with Crippen LogP contribution in [0.3, 0.4) is 0 Å². The van der Waals surface area contributed by atoms with E-state index in [0.717, 1.165) is 25.0 Å². The number of hydrogen-bond donors (Lipinski definition) is 0. The van der Waals surface area contributed by atoms with Crippen molar-refractivity contribution in [2.75, 3.05) is 9.80 Å². The van der Waals surface area contributed by atoms with Crippen LogP contribution in [0.1, 0.15) is 98.0 Å². The lowest BCUT2D eigenvalue weighted by Crippen LogP contribution is -2.61. The topological polar surface area (TPSA) is 40.1 Å².